The lowest BCUT2D eigenvalue weighted by atomic mass is 10.1. The summed E-state index contributed by atoms with van der Waals surface area (Å²) in [6.07, 6.45) is 0. The Morgan fingerprint density at radius 1 is 0.760 bits per heavy atom. The Kier molecular flexibility index (Phi) is 3.71. The maximum absolute atomic E-state index is 13.0. The Bertz CT molecular complexity index is 979. The van der Waals surface area contributed by atoms with Gasteiger partial charge < -0.3 is 0 Å². The molecule has 0 N–H and O–H groups in total. The van der Waals surface area contributed by atoms with Crippen molar-refractivity contribution < 1.29 is 9.59 Å². The average molecular weight is 326 g/mol. The summed E-state index contributed by atoms with van der Waals surface area (Å²) in [5, 5.41) is 0. The molecule has 3 aromatic carbocycles. The van der Waals surface area contributed by atoms with Crippen LogP contribution in [0.1, 0.15) is 20.7 Å². The number of hydrogen-bond acceptors (Lipinski definition) is 3. The highest BCUT2D eigenvalue weighted by Crippen LogP contribution is 2.32. The molecule has 1 amide bonds. The van der Waals surface area contributed by atoms with Gasteiger partial charge in [0.05, 0.1) is 16.9 Å². The third-order valence-electron chi connectivity index (χ3n) is 4.02. The molecule has 0 unspecified atom stereocenters. The van der Waals surface area contributed by atoms with Crippen LogP contribution in [0.3, 0.4) is 0 Å². The van der Waals surface area contributed by atoms with Crippen LogP contribution in [-0.4, -0.2) is 17.5 Å². The first kappa shape index (κ1) is 15.0. The molecule has 0 aromatic heterocycles. The minimum absolute atomic E-state index is 0.126. The number of aliphatic imine (C=N–C) groups is 1. The molecule has 1 heterocycles. The summed E-state index contributed by atoms with van der Waals surface area (Å²) >= 11 is 0. The van der Waals surface area contributed by atoms with Gasteiger partial charge in [-0.25, -0.2) is 4.99 Å². The molecule has 25 heavy (non-hydrogen) atoms. The van der Waals surface area contributed by atoms with Gasteiger partial charge in [-0.2, -0.15) is 0 Å². The summed E-state index contributed by atoms with van der Waals surface area (Å²) in [5.41, 5.74) is 2.19. The van der Waals surface area contributed by atoms with Gasteiger partial charge in [0.1, 0.15) is 0 Å². The van der Waals surface area contributed by atoms with Crippen molar-refractivity contribution in [1.82, 2.24) is 0 Å². The number of amidine groups is 1. The van der Waals surface area contributed by atoms with Crippen molar-refractivity contribution in [2.45, 2.75) is 0 Å². The molecule has 120 valence electrons. The van der Waals surface area contributed by atoms with Crippen molar-refractivity contribution in [1.29, 1.82) is 0 Å². The average Bonchev–Trinajstić information content (AvgIpc) is 2.95. The molecule has 0 saturated heterocycles. The third-order valence-corrected chi connectivity index (χ3v) is 4.02. The van der Waals surface area contributed by atoms with Crippen LogP contribution in [0, 0.1) is 0 Å². The maximum Gasteiger partial charge on any atom is 0.264 e. The van der Waals surface area contributed by atoms with Gasteiger partial charge in [-0.05, 0) is 36.4 Å². The second-order valence-corrected chi connectivity index (χ2v) is 5.62. The molecule has 0 saturated carbocycles. The van der Waals surface area contributed by atoms with Crippen molar-refractivity contribution in [3.05, 3.63) is 96.1 Å². The predicted molar refractivity (Wildman–Crippen MR) is 97.6 cm³/mol. The number of Topliss-reactive ketones (excluding diaryl/α,β-unsaturated/α-hetero) is 1. The highest BCUT2D eigenvalue weighted by Gasteiger charge is 2.38. The van der Waals surface area contributed by atoms with E-state index in [0.29, 0.717) is 22.5 Å². The Labute approximate surface area is 145 Å². The fourth-order valence-corrected chi connectivity index (χ4v) is 2.84. The van der Waals surface area contributed by atoms with Crippen LogP contribution in [-0.2, 0) is 0 Å². The summed E-state index contributed by atoms with van der Waals surface area (Å²) in [6.45, 7) is 0. The number of carbonyl (C=O) groups excluding carboxylic acids is 2. The van der Waals surface area contributed by atoms with Crippen molar-refractivity contribution in [3.8, 4) is 0 Å². The van der Waals surface area contributed by atoms with Crippen LogP contribution < -0.4 is 4.90 Å². The number of fused-ring (bicyclic) bond motifs is 1. The second kappa shape index (κ2) is 6.17. The van der Waals surface area contributed by atoms with Gasteiger partial charge in [-0.1, -0.05) is 48.5 Å². The third kappa shape index (κ3) is 2.64. The summed E-state index contributed by atoms with van der Waals surface area (Å²) in [4.78, 5) is 31.7. The number of benzene rings is 3. The topological polar surface area (TPSA) is 49.7 Å². The van der Waals surface area contributed by atoms with Crippen molar-refractivity contribution in [2.24, 2.45) is 4.99 Å². The highest BCUT2D eigenvalue weighted by atomic mass is 16.2. The zero-order valence-corrected chi connectivity index (χ0v) is 13.3. The molecule has 0 atom stereocenters. The number of para-hydroxylation sites is 2. The Morgan fingerprint density at radius 2 is 1.36 bits per heavy atom. The predicted octanol–water partition coefficient (Wildman–Crippen LogP) is 4.26. The van der Waals surface area contributed by atoms with E-state index >= 15 is 0 Å². The molecule has 1 aliphatic rings. The van der Waals surface area contributed by atoms with Crippen LogP contribution in [0.25, 0.3) is 0 Å². The number of amides is 1. The smallest absolute Gasteiger partial charge is 0.264 e. The molecule has 0 aliphatic carbocycles. The summed E-state index contributed by atoms with van der Waals surface area (Å²) in [7, 11) is 0. The van der Waals surface area contributed by atoms with Crippen molar-refractivity contribution >= 4 is 28.9 Å². The van der Waals surface area contributed by atoms with Crippen molar-refractivity contribution in [2.75, 3.05) is 4.90 Å². The number of carbonyl (C=O) groups is 2. The molecule has 0 spiro atoms. The monoisotopic (exact) mass is 326 g/mol. The van der Waals surface area contributed by atoms with Gasteiger partial charge in [0.15, 0.2) is 5.84 Å². The van der Waals surface area contributed by atoms with E-state index in [-0.39, 0.29) is 17.5 Å². The molecule has 1 aliphatic heterocycles. The lowest BCUT2D eigenvalue weighted by molar-refractivity contribution is 0.0994. The number of anilines is 1. The number of rotatable bonds is 2. The van der Waals surface area contributed by atoms with E-state index in [9.17, 15) is 9.59 Å². The van der Waals surface area contributed by atoms with Gasteiger partial charge in [0, 0.05) is 5.56 Å². The van der Waals surface area contributed by atoms with Crippen LogP contribution in [0.15, 0.2) is 89.9 Å². The van der Waals surface area contributed by atoms with E-state index in [1.165, 1.54) is 4.90 Å². The maximum atomic E-state index is 13.0. The fraction of sp³-hybridized carbons (Fsp3) is 0. The van der Waals surface area contributed by atoms with Gasteiger partial charge >= 0.3 is 0 Å². The number of ketones is 1. The van der Waals surface area contributed by atoms with Gasteiger partial charge in [0.25, 0.3) is 5.91 Å². The van der Waals surface area contributed by atoms with Gasteiger partial charge in [-0.3, -0.25) is 14.5 Å². The SMILES string of the molecule is O=C1C(=Nc2ccccc2)N(C(=O)c2ccccc2)c2ccccc21. The lowest BCUT2D eigenvalue weighted by Gasteiger charge is -2.17. The highest BCUT2D eigenvalue weighted by molar-refractivity contribution is 6.59. The Hall–Kier alpha value is -3.53. The van der Waals surface area contributed by atoms with E-state index in [1.54, 1.807) is 54.6 Å². The molecule has 0 radical (unpaired) electrons. The lowest BCUT2D eigenvalue weighted by Crippen LogP contribution is -2.36. The summed E-state index contributed by atoms with van der Waals surface area (Å²) in [5.74, 6) is -0.390. The largest absolute Gasteiger partial charge is 0.285 e. The molecule has 0 fully saturated rings. The molecular formula is C21H14N2O2. The molecule has 0 bridgehead atoms. The minimum atomic E-state index is -0.270. The fourth-order valence-electron chi connectivity index (χ4n) is 2.84. The summed E-state index contributed by atoms with van der Waals surface area (Å²) < 4.78 is 0. The molecule has 4 heteroatoms. The zero-order chi connectivity index (χ0) is 17.2. The molecule has 4 rings (SSSR count). The first-order valence-corrected chi connectivity index (χ1v) is 7.92. The molecular weight excluding hydrogens is 312 g/mol. The second-order valence-electron chi connectivity index (χ2n) is 5.62. The summed E-state index contributed by atoms with van der Waals surface area (Å²) in [6, 6.07) is 25.1. The first-order chi connectivity index (χ1) is 12.3. The van der Waals surface area contributed by atoms with Gasteiger partial charge in [-0.15, -0.1) is 0 Å². The zero-order valence-electron chi connectivity index (χ0n) is 13.3. The van der Waals surface area contributed by atoms with Crippen molar-refractivity contribution in [3.63, 3.8) is 0 Å². The molecule has 3 aromatic rings. The number of hydrogen-bond donors (Lipinski definition) is 0. The quantitative estimate of drug-likeness (QED) is 0.706. The van der Waals surface area contributed by atoms with Crippen LogP contribution in [0.4, 0.5) is 11.4 Å². The van der Waals surface area contributed by atoms with E-state index in [0.717, 1.165) is 0 Å². The Balaban J connectivity index is 1.86. The van der Waals surface area contributed by atoms with E-state index in [4.69, 9.17) is 0 Å². The number of nitrogens with zero attached hydrogens (tertiary/aromatic N) is 2. The van der Waals surface area contributed by atoms with E-state index < -0.39 is 0 Å². The van der Waals surface area contributed by atoms with Crippen LogP contribution in [0.5, 0.6) is 0 Å². The van der Waals surface area contributed by atoms with E-state index in [2.05, 4.69) is 4.99 Å². The van der Waals surface area contributed by atoms with Crippen LogP contribution >= 0.6 is 0 Å². The Morgan fingerprint density at radius 3 is 2.08 bits per heavy atom. The standard InChI is InChI=1S/C21H14N2O2/c24-19-17-13-7-8-14-18(17)23(21(25)15-9-3-1-4-10-15)20(19)22-16-11-5-2-6-12-16/h1-14H. The molecule has 4 nitrogen and oxygen atoms in total. The van der Waals surface area contributed by atoms with Gasteiger partial charge in [0.2, 0.25) is 5.78 Å². The normalized spacial score (nSPS) is 14.6. The first-order valence-electron chi connectivity index (χ1n) is 7.92. The van der Waals surface area contributed by atoms with E-state index in [1.807, 2.05) is 30.3 Å². The minimum Gasteiger partial charge on any atom is -0.285 e. The van der Waals surface area contributed by atoms with Crippen LogP contribution in [0.2, 0.25) is 0 Å².